The zero-order valence-electron chi connectivity index (χ0n) is 7.25. The van der Waals surface area contributed by atoms with Gasteiger partial charge in [0.05, 0.1) is 19.6 Å². The molecule has 72 valence electrons. The van der Waals surface area contributed by atoms with Gasteiger partial charge < -0.3 is 0 Å². The molecule has 0 spiro atoms. The SMILES string of the molecule is CN=[S@@](C)(=O)c1cc(Cl)ccc1Cl. The van der Waals surface area contributed by atoms with E-state index in [1.807, 2.05) is 0 Å². The van der Waals surface area contributed by atoms with E-state index in [4.69, 9.17) is 23.2 Å². The van der Waals surface area contributed by atoms with Crippen molar-refractivity contribution in [2.75, 3.05) is 13.3 Å². The molecule has 0 radical (unpaired) electrons. The summed E-state index contributed by atoms with van der Waals surface area (Å²) in [7, 11) is -0.893. The highest BCUT2D eigenvalue weighted by molar-refractivity contribution is 7.93. The molecular weight excluding hydrogens is 229 g/mol. The molecule has 13 heavy (non-hydrogen) atoms. The van der Waals surface area contributed by atoms with Gasteiger partial charge in [0.15, 0.2) is 0 Å². The first-order valence-corrected chi connectivity index (χ1v) is 6.20. The average molecular weight is 238 g/mol. The normalized spacial score (nSPS) is 15.1. The Balaban J connectivity index is 3.47. The molecule has 0 bridgehead atoms. The van der Waals surface area contributed by atoms with E-state index in [0.717, 1.165) is 0 Å². The summed E-state index contributed by atoms with van der Waals surface area (Å²) in [4.78, 5) is 0.490. The van der Waals surface area contributed by atoms with Gasteiger partial charge in [0.1, 0.15) is 0 Å². The zero-order valence-corrected chi connectivity index (χ0v) is 9.58. The molecule has 0 aliphatic rings. The van der Waals surface area contributed by atoms with Crippen LogP contribution in [0.5, 0.6) is 0 Å². The first-order chi connectivity index (χ1) is 5.97. The zero-order chi connectivity index (χ0) is 10.1. The van der Waals surface area contributed by atoms with E-state index >= 15 is 0 Å². The van der Waals surface area contributed by atoms with Gasteiger partial charge in [-0.2, -0.15) is 0 Å². The Hall–Kier alpha value is -0.250. The maximum absolute atomic E-state index is 11.8. The molecule has 0 heterocycles. The number of nitrogens with zero attached hydrogens (tertiary/aromatic N) is 1. The van der Waals surface area contributed by atoms with E-state index in [1.54, 1.807) is 18.2 Å². The molecule has 1 atom stereocenters. The number of hydrogen-bond acceptors (Lipinski definition) is 2. The molecule has 0 saturated heterocycles. The lowest BCUT2D eigenvalue weighted by Gasteiger charge is -2.05. The molecular formula is C8H9Cl2NOS. The smallest absolute Gasteiger partial charge is 0.0735 e. The number of hydrogen-bond donors (Lipinski definition) is 0. The second-order valence-electron chi connectivity index (χ2n) is 2.56. The molecule has 2 nitrogen and oxygen atoms in total. The summed E-state index contributed by atoms with van der Waals surface area (Å²) in [6.45, 7) is 0. The molecule has 0 aromatic heterocycles. The van der Waals surface area contributed by atoms with Crippen molar-refractivity contribution < 1.29 is 4.21 Å². The van der Waals surface area contributed by atoms with Gasteiger partial charge in [-0.1, -0.05) is 23.2 Å². The Labute approximate surface area is 88.0 Å². The van der Waals surface area contributed by atoms with Crippen molar-refractivity contribution in [3.63, 3.8) is 0 Å². The molecule has 1 aromatic carbocycles. The molecule has 5 heteroatoms. The quantitative estimate of drug-likeness (QED) is 0.739. The van der Waals surface area contributed by atoms with E-state index in [1.165, 1.54) is 13.3 Å². The van der Waals surface area contributed by atoms with Crippen LogP contribution in [0.1, 0.15) is 0 Å². The molecule has 0 N–H and O–H groups in total. The Kier molecular flexibility index (Phi) is 3.22. The molecule has 1 aromatic rings. The topological polar surface area (TPSA) is 29.4 Å². The predicted octanol–water partition coefficient (Wildman–Crippen LogP) is 3.08. The molecule has 0 unspecified atom stereocenters. The molecule has 0 fully saturated rings. The number of rotatable bonds is 1. The van der Waals surface area contributed by atoms with Gasteiger partial charge in [-0.15, -0.1) is 0 Å². The van der Waals surface area contributed by atoms with Crippen LogP contribution < -0.4 is 0 Å². The third-order valence-electron chi connectivity index (χ3n) is 1.65. The lowest BCUT2D eigenvalue weighted by atomic mass is 10.4. The summed E-state index contributed by atoms with van der Waals surface area (Å²) < 4.78 is 15.6. The van der Waals surface area contributed by atoms with Gasteiger partial charge in [0, 0.05) is 18.3 Å². The fourth-order valence-corrected chi connectivity index (χ4v) is 2.62. The summed E-state index contributed by atoms with van der Waals surface area (Å²) in [5, 5.41) is 0.945. The van der Waals surface area contributed by atoms with Crippen molar-refractivity contribution in [2.24, 2.45) is 4.36 Å². The van der Waals surface area contributed by atoms with Crippen LogP contribution in [-0.2, 0) is 9.73 Å². The van der Waals surface area contributed by atoms with Crippen LogP contribution >= 0.6 is 23.2 Å². The Bertz CT molecular complexity index is 436. The van der Waals surface area contributed by atoms with E-state index in [-0.39, 0.29) is 0 Å². The second kappa shape index (κ2) is 3.86. The molecule has 0 aliphatic carbocycles. The average Bonchev–Trinajstić information content (AvgIpc) is 2.09. The van der Waals surface area contributed by atoms with Crippen LogP contribution in [0.4, 0.5) is 0 Å². The highest BCUT2D eigenvalue weighted by Gasteiger charge is 2.09. The van der Waals surface area contributed by atoms with Crippen LogP contribution in [0.2, 0.25) is 10.0 Å². The van der Waals surface area contributed by atoms with Crippen LogP contribution in [-0.4, -0.2) is 17.5 Å². The third kappa shape index (κ3) is 2.36. The van der Waals surface area contributed by atoms with Gasteiger partial charge in [0.2, 0.25) is 0 Å². The lowest BCUT2D eigenvalue weighted by Crippen LogP contribution is -1.97. The minimum atomic E-state index is -2.39. The highest BCUT2D eigenvalue weighted by atomic mass is 35.5. The van der Waals surface area contributed by atoms with E-state index < -0.39 is 9.73 Å². The van der Waals surface area contributed by atoms with Gasteiger partial charge in [-0.05, 0) is 18.2 Å². The van der Waals surface area contributed by atoms with Crippen LogP contribution in [0.3, 0.4) is 0 Å². The highest BCUT2D eigenvalue weighted by Crippen LogP contribution is 2.25. The lowest BCUT2D eigenvalue weighted by molar-refractivity contribution is 0.680. The number of benzene rings is 1. The Morgan fingerprint density at radius 2 is 2.00 bits per heavy atom. The van der Waals surface area contributed by atoms with Crippen LogP contribution in [0.25, 0.3) is 0 Å². The second-order valence-corrected chi connectivity index (χ2v) is 5.81. The van der Waals surface area contributed by atoms with Gasteiger partial charge in [-0.3, -0.25) is 0 Å². The van der Waals surface area contributed by atoms with Gasteiger partial charge in [0.25, 0.3) is 0 Å². The fraction of sp³-hybridized carbons (Fsp3) is 0.250. The molecule has 0 aliphatic heterocycles. The maximum atomic E-state index is 11.8. The van der Waals surface area contributed by atoms with Crippen molar-refractivity contribution in [3.05, 3.63) is 28.2 Å². The number of halogens is 2. The van der Waals surface area contributed by atoms with Crippen molar-refractivity contribution in [1.29, 1.82) is 0 Å². The Morgan fingerprint density at radius 1 is 1.38 bits per heavy atom. The summed E-state index contributed by atoms with van der Waals surface area (Å²) in [5.41, 5.74) is 0. The third-order valence-corrected chi connectivity index (χ3v) is 4.18. The molecule has 1 rings (SSSR count). The summed E-state index contributed by atoms with van der Waals surface area (Å²) in [5.74, 6) is 0. The minimum absolute atomic E-state index is 0.433. The minimum Gasteiger partial charge on any atom is -0.245 e. The van der Waals surface area contributed by atoms with Crippen molar-refractivity contribution in [3.8, 4) is 0 Å². The first-order valence-electron chi connectivity index (χ1n) is 3.52. The van der Waals surface area contributed by atoms with E-state index in [9.17, 15) is 4.21 Å². The standard InChI is InChI=1S/C8H9Cl2NOS/c1-11-13(2,12)8-5-6(9)3-4-7(8)10/h3-5H,1-2H3/t13-/m0/s1. The maximum Gasteiger partial charge on any atom is 0.0735 e. The largest absolute Gasteiger partial charge is 0.245 e. The van der Waals surface area contributed by atoms with Crippen LogP contribution in [0, 0.1) is 0 Å². The summed E-state index contributed by atoms with van der Waals surface area (Å²) in [6.07, 6.45) is 1.53. The monoisotopic (exact) mass is 237 g/mol. The molecule has 0 saturated carbocycles. The van der Waals surface area contributed by atoms with Crippen molar-refractivity contribution in [2.45, 2.75) is 4.90 Å². The van der Waals surface area contributed by atoms with E-state index in [2.05, 4.69) is 4.36 Å². The summed E-state index contributed by atoms with van der Waals surface area (Å²) in [6, 6.07) is 4.85. The van der Waals surface area contributed by atoms with Crippen LogP contribution in [0.15, 0.2) is 27.5 Å². The predicted molar refractivity (Wildman–Crippen MR) is 57.1 cm³/mol. The summed E-state index contributed by atoms with van der Waals surface area (Å²) >= 11 is 11.6. The van der Waals surface area contributed by atoms with Gasteiger partial charge >= 0.3 is 0 Å². The van der Waals surface area contributed by atoms with E-state index in [0.29, 0.717) is 14.9 Å². The Morgan fingerprint density at radius 3 is 2.54 bits per heavy atom. The van der Waals surface area contributed by atoms with Crippen molar-refractivity contribution >= 4 is 32.9 Å². The first kappa shape index (κ1) is 10.8. The fourth-order valence-electron chi connectivity index (χ4n) is 0.866. The van der Waals surface area contributed by atoms with Crippen molar-refractivity contribution in [1.82, 2.24) is 0 Å². The van der Waals surface area contributed by atoms with Gasteiger partial charge in [-0.25, -0.2) is 8.57 Å². The molecule has 0 amide bonds.